The van der Waals surface area contributed by atoms with Crippen LogP contribution in [0.15, 0.2) is 59.7 Å². The van der Waals surface area contributed by atoms with Gasteiger partial charge in [0.15, 0.2) is 0 Å². The number of allylic oxidation sites excluding steroid dienone is 3. The third kappa shape index (κ3) is 12.9. The van der Waals surface area contributed by atoms with E-state index in [2.05, 4.69) is 0 Å². The van der Waals surface area contributed by atoms with E-state index in [0.717, 1.165) is 16.9 Å². The minimum Gasteiger partial charge on any atom is -0.456 e. The van der Waals surface area contributed by atoms with Crippen LogP contribution in [-0.2, 0) is 42.9 Å². The number of carbonyl (C=O) groups is 4. The van der Waals surface area contributed by atoms with Gasteiger partial charge >= 0.3 is 5.97 Å². The van der Waals surface area contributed by atoms with Crippen molar-refractivity contribution < 1.29 is 57.5 Å². The summed E-state index contributed by atoms with van der Waals surface area (Å²) in [6.45, 7) is 10.7. The number of nitrogens with zero attached hydrogens (tertiary/aromatic N) is 1. The fourth-order valence-corrected chi connectivity index (χ4v) is 10.2. The first kappa shape index (κ1) is 52.3. The Morgan fingerprint density at radius 2 is 1.68 bits per heavy atom. The lowest BCUT2D eigenvalue weighted by molar-refractivity contribution is -0.302. The predicted molar refractivity (Wildman–Crippen MR) is 245 cm³/mol. The van der Waals surface area contributed by atoms with Crippen LogP contribution in [0.4, 0.5) is 4.39 Å². The second-order valence-corrected chi connectivity index (χ2v) is 19.1. The number of hydrogen-bond donors (Lipinski definition) is 3. The number of rotatable bonds is 9. The fraction of sp³-hybridized carbons (Fsp3) is 0.686. The van der Waals surface area contributed by atoms with Crippen LogP contribution in [0.3, 0.4) is 0 Å². The zero-order chi connectivity index (χ0) is 47.6. The van der Waals surface area contributed by atoms with Gasteiger partial charge in [0.05, 0.1) is 31.0 Å². The van der Waals surface area contributed by atoms with Crippen molar-refractivity contribution in [1.82, 2.24) is 4.90 Å². The maximum Gasteiger partial charge on any atom is 0.329 e. The highest BCUT2D eigenvalue weighted by molar-refractivity contribution is 6.39. The van der Waals surface area contributed by atoms with Gasteiger partial charge in [-0.25, -0.2) is 9.18 Å². The molecule has 5 rings (SSSR count). The summed E-state index contributed by atoms with van der Waals surface area (Å²) in [5.74, 6) is -9.06. The Morgan fingerprint density at radius 1 is 0.985 bits per heavy atom. The van der Waals surface area contributed by atoms with Gasteiger partial charge < -0.3 is 44.5 Å². The molecule has 3 heterocycles. The number of aliphatic hydroxyl groups excluding tert-OH is 1. The minimum atomic E-state index is -2.61. The molecule has 1 amide bonds. The number of fused-ring (bicyclic) bond motifs is 3. The molecule has 2 bridgehead atoms. The average Bonchev–Trinajstić information content (AvgIpc) is 3.30. The molecule has 0 aromatic heterocycles. The monoisotopic (exact) mass is 911 g/mol. The van der Waals surface area contributed by atoms with Crippen LogP contribution in [0.2, 0.25) is 0 Å². The summed E-state index contributed by atoms with van der Waals surface area (Å²) in [6.07, 6.45) is 4.58. The Balaban J connectivity index is 1.48. The molecule has 14 heteroatoms. The Kier molecular flexibility index (Phi) is 19.2. The van der Waals surface area contributed by atoms with Crippen molar-refractivity contribution in [3.05, 3.63) is 65.3 Å². The first-order valence-corrected chi connectivity index (χ1v) is 23.8. The van der Waals surface area contributed by atoms with Gasteiger partial charge in [-0.1, -0.05) is 82.3 Å². The molecular weight excluding hydrogens is 836 g/mol. The zero-order valence-electron chi connectivity index (χ0n) is 39.7. The standard InChI is InChI=1S/C51H75FN2O11/c1-9-37-25-30(2)45(52)31(3)26-43(61-7)47-44(62-8)27-33(5)51(60,65-47)48(57)49(58)54-22-14-13-19-39(54)50(59)64-46(34(6)40(55)29-41(37)56)32(4)24-36-20-21-38(53)42(28-36)63-23-15-18-35-16-11-10-12-17-35/h10-12,15-18,24-25,31,33-34,36-40,42-47,55,60H,9,13-14,19-23,26-29,53H2,1-8H3. The van der Waals surface area contributed by atoms with Crippen molar-refractivity contribution in [3.63, 3.8) is 0 Å². The molecule has 65 heavy (non-hydrogen) atoms. The van der Waals surface area contributed by atoms with Gasteiger partial charge in [0.25, 0.3) is 11.7 Å². The summed E-state index contributed by atoms with van der Waals surface area (Å²) in [7, 11) is 2.89. The van der Waals surface area contributed by atoms with Crippen LogP contribution in [0, 0.1) is 29.6 Å². The summed E-state index contributed by atoms with van der Waals surface area (Å²) in [5, 5.41) is 23.9. The number of benzene rings is 1. The minimum absolute atomic E-state index is 0.0100. The number of ether oxygens (including phenoxy) is 5. The van der Waals surface area contributed by atoms with Crippen molar-refractivity contribution in [2.45, 2.75) is 166 Å². The van der Waals surface area contributed by atoms with E-state index in [1.54, 1.807) is 33.8 Å². The van der Waals surface area contributed by atoms with Crippen molar-refractivity contribution in [3.8, 4) is 0 Å². The third-order valence-electron chi connectivity index (χ3n) is 14.4. The Labute approximate surface area is 385 Å². The van der Waals surface area contributed by atoms with Gasteiger partial charge in [-0.15, -0.1) is 0 Å². The summed E-state index contributed by atoms with van der Waals surface area (Å²) in [6, 6.07) is 8.57. The first-order valence-electron chi connectivity index (χ1n) is 23.8. The summed E-state index contributed by atoms with van der Waals surface area (Å²) in [4.78, 5) is 58.2. The lowest BCUT2D eigenvalue weighted by Crippen LogP contribution is -2.64. The van der Waals surface area contributed by atoms with E-state index in [1.165, 1.54) is 14.2 Å². The summed E-state index contributed by atoms with van der Waals surface area (Å²) in [5.41, 5.74) is 8.58. The maximum absolute atomic E-state index is 16.3. The number of esters is 1. The van der Waals surface area contributed by atoms with E-state index >= 15 is 4.39 Å². The van der Waals surface area contributed by atoms with Gasteiger partial charge in [0.1, 0.15) is 30.2 Å². The molecule has 15 atom stereocenters. The van der Waals surface area contributed by atoms with Crippen LogP contribution < -0.4 is 5.73 Å². The quantitative estimate of drug-likeness (QED) is 0.140. The smallest absolute Gasteiger partial charge is 0.329 e. The molecule has 1 aliphatic carbocycles. The number of nitrogens with two attached hydrogens (primary N) is 1. The van der Waals surface area contributed by atoms with Gasteiger partial charge in [0.2, 0.25) is 5.79 Å². The largest absolute Gasteiger partial charge is 0.456 e. The SMILES string of the molecule is CCC1C=C(C)C(F)C(C)CC(OC)C2OC(O)(C(=O)C(=O)N3CCCCC3C(=O)OC(C(C)=CC3CCC(N)C(OCC=Cc4ccccc4)C3)C(C)C(O)CC1=O)C(C)CC2OC. The highest BCUT2D eigenvalue weighted by Gasteiger charge is 2.57. The number of alkyl halides is 1. The Hall–Kier alpha value is -3.63. The van der Waals surface area contributed by atoms with E-state index in [9.17, 15) is 29.4 Å². The molecule has 3 aliphatic heterocycles. The lowest BCUT2D eigenvalue weighted by atomic mass is 9.81. The molecule has 1 aromatic carbocycles. The van der Waals surface area contributed by atoms with E-state index < -0.39 is 89.9 Å². The van der Waals surface area contributed by atoms with Crippen molar-refractivity contribution in [2.75, 3.05) is 27.4 Å². The number of halogens is 1. The number of cyclic esters (lactones) is 1. The molecule has 4 N–H and O–H groups in total. The normalized spacial score (nSPS) is 37.9. The molecule has 1 saturated carbocycles. The van der Waals surface area contributed by atoms with Crippen LogP contribution in [-0.4, -0.2) is 127 Å². The van der Waals surface area contributed by atoms with Crippen molar-refractivity contribution in [1.29, 1.82) is 0 Å². The highest BCUT2D eigenvalue weighted by atomic mass is 19.1. The molecular formula is C51H75FN2O11. The molecule has 1 aromatic rings. The molecule has 13 nitrogen and oxygen atoms in total. The van der Waals surface area contributed by atoms with Crippen LogP contribution in [0.25, 0.3) is 6.08 Å². The fourth-order valence-electron chi connectivity index (χ4n) is 10.2. The number of ketones is 2. The molecule has 0 spiro atoms. The first-order chi connectivity index (χ1) is 30.9. The number of hydrogen-bond acceptors (Lipinski definition) is 12. The molecule has 3 fully saturated rings. The van der Waals surface area contributed by atoms with Gasteiger partial charge in [0, 0.05) is 51.0 Å². The van der Waals surface area contributed by atoms with E-state index in [-0.39, 0.29) is 56.1 Å². The number of piperidine rings is 1. The number of carbonyl (C=O) groups excluding carboxylic acids is 4. The molecule has 0 radical (unpaired) electrons. The van der Waals surface area contributed by atoms with Gasteiger partial charge in [-0.3, -0.25) is 14.4 Å². The number of Topliss-reactive ketones (excluding diaryl/α,β-unsaturated/α-hetero) is 2. The molecule has 362 valence electrons. The van der Waals surface area contributed by atoms with E-state index in [4.69, 9.17) is 29.4 Å². The Bertz CT molecular complexity index is 1860. The van der Waals surface area contributed by atoms with Gasteiger partial charge in [-0.2, -0.15) is 0 Å². The van der Waals surface area contributed by atoms with E-state index in [1.807, 2.05) is 62.4 Å². The summed E-state index contributed by atoms with van der Waals surface area (Å²) >= 11 is 0. The topological polar surface area (TPSA) is 184 Å². The number of amides is 1. The zero-order valence-corrected chi connectivity index (χ0v) is 39.7. The second-order valence-electron chi connectivity index (χ2n) is 19.1. The molecule has 2 saturated heterocycles. The maximum atomic E-state index is 16.3. The lowest BCUT2D eigenvalue weighted by Gasteiger charge is -2.47. The second kappa shape index (κ2) is 23.9. The number of methoxy groups -OCH3 is 2. The van der Waals surface area contributed by atoms with Crippen molar-refractivity contribution in [2.24, 2.45) is 35.3 Å². The van der Waals surface area contributed by atoms with Crippen molar-refractivity contribution >= 4 is 29.5 Å². The number of aliphatic hydroxyl groups is 2. The van der Waals surface area contributed by atoms with Gasteiger partial charge in [-0.05, 0) is 100 Å². The van der Waals surface area contributed by atoms with Crippen LogP contribution in [0.5, 0.6) is 0 Å². The van der Waals surface area contributed by atoms with E-state index in [0.29, 0.717) is 49.9 Å². The highest BCUT2D eigenvalue weighted by Crippen LogP contribution is 2.39. The average molecular weight is 911 g/mol. The van der Waals surface area contributed by atoms with Crippen LogP contribution >= 0.6 is 0 Å². The molecule has 4 aliphatic rings. The summed E-state index contributed by atoms with van der Waals surface area (Å²) < 4.78 is 46.7. The van der Waals surface area contributed by atoms with Crippen LogP contribution in [0.1, 0.15) is 111 Å². The predicted octanol–water partition coefficient (Wildman–Crippen LogP) is 6.47. The third-order valence-corrected chi connectivity index (χ3v) is 14.4. The molecule has 15 unspecified atom stereocenters. The Morgan fingerprint density at radius 3 is 2.35 bits per heavy atom.